The van der Waals surface area contributed by atoms with Crippen LogP contribution in [0.15, 0.2) is 18.2 Å². The first-order chi connectivity index (χ1) is 7.48. The molecule has 0 saturated carbocycles. The summed E-state index contributed by atoms with van der Waals surface area (Å²) in [5, 5.41) is 9.89. The molecule has 1 aliphatic rings. The first-order valence-electron chi connectivity index (χ1n) is 5.50. The zero-order valence-electron chi connectivity index (χ0n) is 9.41. The first-order valence-corrected chi connectivity index (χ1v) is 6.58. The van der Waals surface area contributed by atoms with E-state index in [1.165, 1.54) is 0 Å². The Balaban J connectivity index is 2.14. The molecule has 0 atom stereocenters. The third kappa shape index (κ3) is 2.60. The Morgan fingerprint density at radius 2 is 2.00 bits per heavy atom. The zero-order valence-corrected chi connectivity index (χ0v) is 11.6. The van der Waals surface area contributed by atoms with Crippen LogP contribution < -0.4 is 10.6 Å². The highest BCUT2D eigenvalue weighted by molar-refractivity contribution is 14.1. The van der Waals surface area contributed by atoms with Crippen LogP contribution in [0.1, 0.15) is 19.8 Å². The fourth-order valence-corrected chi connectivity index (χ4v) is 2.56. The highest BCUT2D eigenvalue weighted by Gasteiger charge is 2.27. The van der Waals surface area contributed by atoms with Gasteiger partial charge in [-0.05, 0) is 60.6 Å². The summed E-state index contributed by atoms with van der Waals surface area (Å²) >= 11 is 2.26. The van der Waals surface area contributed by atoms with E-state index in [9.17, 15) is 5.11 Å². The highest BCUT2D eigenvalue weighted by Crippen LogP contribution is 2.30. The fourth-order valence-electron chi connectivity index (χ4n) is 2.04. The highest BCUT2D eigenvalue weighted by atomic mass is 127. The number of hydrogen-bond donors (Lipinski definition) is 2. The van der Waals surface area contributed by atoms with Gasteiger partial charge in [-0.3, -0.25) is 0 Å². The molecule has 1 aromatic rings. The SMILES string of the molecule is CC1(O)CCN(c2ccc(I)cc2N)CC1. The van der Waals surface area contributed by atoms with Crippen molar-refractivity contribution in [1.29, 1.82) is 0 Å². The summed E-state index contributed by atoms with van der Waals surface area (Å²) in [6.07, 6.45) is 1.61. The number of nitrogens with zero attached hydrogens (tertiary/aromatic N) is 1. The molecule has 88 valence electrons. The minimum absolute atomic E-state index is 0.505. The van der Waals surface area contributed by atoms with Gasteiger partial charge in [0.25, 0.3) is 0 Å². The van der Waals surface area contributed by atoms with E-state index >= 15 is 0 Å². The minimum Gasteiger partial charge on any atom is -0.397 e. The summed E-state index contributed by atoms with van der Waals surface area (Å²) < 4.78 is 1.16. The van der Waals surface area contributed by atoms with Gasteiger partial charge in [0, 0.05) is 16.7 Å². The van der Waals surface area contributed by atoms with Crippen molar-refractivity contribution in [3.8, 4) is 0 Å². The fraction of sp³-hybridized carbons (Fsp3) is 0.500. The molecule has 0 amide bonds. The minimum atomic E-state index is -0.505. The van der Waals surface area contributed by atoms with Crippen molar-refractivity contribution in [2.75, 3.05) is 23.7 Å². The Bertz CT molecular complexity index is 383. The molecule has 2 rings (SSSR count). The molecule has 3 nitrogen and oxygen atoms in total. The molecule has 0 aromatic heterocycles. The Morgan fingerprint density at radius 1 is 1.38 bits per heavy atom. The van der Waals surface area contributed by atoms with Crippen LogP contribution in [-0.2, 0) is 0 Å². The summed E-state index contributed by atoms with van der Waals surface area (Å²) in [6.45, 7) is 3.65. The van der Waals surface area contributed by atoms with Crippen LogP contribution in [0, 0.1) is 3.57 Å². The van der Waals surface area contributed by atoms with Gasteiger partial charge in [-0.15, -0.1) is 0 Å². The van der Waals surface area contributed by atoms with E-state index < -0.39 is 5.60 Å². The van der Waals surface area contributed by atoms with Gasteiger partial charge < -0.3 is 15.7 Å². The van der Waals surface area contributed by atoms with Crippen LogP contribution in [0.5, 0.6) is 0 Å². The number of benzene rings is 1. The molecule has 1 heterocycles. The largest absolute Gasteiger partial charge is 0.397 e. The average Bonchev–Trinajstić information content (AvgIpc) is 2.19. The third-order valence-corrected chi connectivity index (χ3v) is 3.84. The second kappa shape index (κ2) is 4.41. The lowest BCUT2D eigenvalue weighted by Gasteiger charge is -2.37. The van der Waals surface area contributed by atoms with E-state index in [1.807, 2.05) is 13.0 Å². The summed E-state index contributed by atoms with van der Waals surface area (Å²) in [7, 11) is 0. The van der Waals surface area contributed by atoms with E-state index in [2.05, 4.69) is 39.6 Å². The third-order valence-electron chi connectivity index (χ3n) is 3.17. The number of rotatable bonds is 1. The molecule has 4 heteroatoms. The van der Waals surface area contributed by atoms with Crippen LogP contribution in [0.3, 0.4) is 0 Å². The smallest absolute Gasteiger partial charge is 0.0653 e. The first kappa shape index (κ1) is 12.0. The van der Waals surface area contributed by atoms with Gasteiger partial charge in [0.05, 0.1) is 17.0 Å². The Kier molecular flexibility index (Phi) is 3.30. The molecular weight excluding hydrogens is 315 g/mol. The van der Waals surface area contributed by atoms with Crippen LogP contribution >= 0.6 is 22.6 Å². The summed E-state index contributed by atoms with van der Waals surface area (Å²) in [6, 6.07) is 6.12. The molecule has 1 saturated heterocycles. The van der Waals surface area contributed by atoms with Crippen LogP contribution in [0.25, 0.3) is 0 Å². The number of nitrogens with two attached hydrogens (primary N) is 1. The van der Waals surface area contributed by atoms with E-state index in [0.717, 1.165) is 40.9 Å². The summed E-state index contributed by atoms with van der Waals surface area (Å²) in [5.41, 5.74) is 7.43. The lowest BCUT2D eigenvalue weighted by atomic mass is 9.93. The lowest BCUT2D eigenvalue weighted by Crippen LogP contribution is -2.42. The number of piperidine rings is 1. The lowest BCUT2D eigenvalue weighted by molar-refractivity contribution is 0.0351. The number of halogens is 1. The topological polar surface area (TPSA) is 49.5 Å². The van der Waals surface area contributed by atoms with Crippen LogP contribution in [0.2, 0.25) is 0 Å². The normalized spacial score (nSPS) is 19.8. The van der Waals surface area contributed by atoms with Crippen molar-refractivity contribution in [2.45, 2.75) is 25.4 Å². The molecule has 16 heavy (non-hydrogen) atoms. The summed E-state index contributed by atoms with van der Waals surface area (Å²) in [5.74, 6) is 0. The number of anilines is 2. The Morgan fingerprint density at radius 3 is 2.56 bits per heavy atom. The number of aliphatic hydroxyl groups is 1. The van der Waals surface area contributed by atoms with Gasteiger partial charge >= 0.3 is 0 Å². The van der Waals surface area contributed by atoms with Gasteiger partial charge in [0.1, 0.15) is 0 Å². The molecule has 0 unspecified atom stereocenters. The molecule has 0 radical (unpaired) electrons. The standard InChI is InChI=1S/C12H17IN2O/c1-12(16)4-6-15(7-5-12)11-3-2-9(13)8-10(11)14/h2-3,8,16H,4-7,14H2,1H3. The van der Waals surface area contributed by atoms with Gasteiger partial charge in [-0.25, -0.2) is 0 Å². The number of hydrogen-bond acceptors (Lipinski definition) is 3. The monoisotopic (exact) mass is 332 g/mol. The second-order valence-electron chi connectivity index (χ2n) is 4.69. The van der Waals surface area contributed by atoms with Gasteiger partial charge in [-0.1, -0.05) is 0 Å². The number of nitrogen functional groups attached to an aromatic ring is 1. The predicted molar refractivity (Wildman–Crippen MR) is 75.6 cm³/mol. The summed E-state index contributed by atoms with van der Waals surface area (Å²) in [4.78, 5) is 2.25. The molecule has 1 fully saturated rings. The maximum Gasteiger partial charge on any atom is 0.0653 e. The van der Waals surface area contributed by atoms with Crippen molar-refractivity contribution in [3.63, 3.8) is 0 Å². The zero-order chi connectivity index (χ0) is 11.8. The average molecular weight is 332 g/mol. The van der Waals surface area contributed by atoms with Crippen LogP contribution in [0.4, 0.5) is 11.4 Å². The predicted octanol–water partition coefficient (Wildman–Crippen LogP) is 2.22. The van der Waals surface area contributed by atoms with E-state index in [-0.39, 0.29) is 0 Å². The second-order valence-corrected chi connectivity index (χ2v) is 5.93. The van der Waals surface area contributed by atoms with E-state index in [1.54, 1.807) is 0 Å². The Labute approximate surface area is 110 Å². The molecule has 3 N–H and O–H groups in total. The van der Waals surface area contributed by atoms with Crippen molar-refractivity contribution in [3.05, 3.63) is 21.8 Å². The quantitative estimate of drug-likeness (QED) is 0.612. The Hall–Kier alpha value is -0.490. The van der Waals surface area contributed by atoms with E-state index in [0.29, 0.717) is 0 Å². The molecule has 0 spiro atoms. The van der Waals surface area contributed by atoms with Crippen LogP contribution in [-0.4, -0.2) is 23.8 Å². The molecular formula is C12H17IN2O. The van der Waals surface area contributed by atoms with Crippen molar-refractivity contribution in [1.82, 2.24) is 0 Å². The van der Waals surface area contributed by atoms with Crippen molar-refractivity contribution in [2.24, 2.45) is 0 Å². The van der Waals surface area contributed by atoms with Crippen molar-refractivity contribution < 1.29 is 5.11 Å². The maximum absolute atomic E-state index is 9.89. The van der Waals surface area contributed by atoms with Gasteiger partial charge in [0.15, 0.2) is 0 Å². The molecule has 1 aliphatic heterocycles. The van der Waals surface area contributed by atoms with Gasteiger partial charge in [0.2, 0.25) is 0 Å². The molecule has 0 bridgehead atoms. The van der Waals surface area contributed by atoms with E-state index in [4.69, 9.17) is 5.73 Å². The maximum atomic E-state index is 9.89. The molecule has 1 aromatic carbocycles. The van der Waals surface area contributed by atoms with Gasteiger partial charge in [-0.2, -0.15) is 0 Å². The molecule has 0 aliphatic carbocycles. The van der Waals surface area contributed by atoms with Crippen molar-refractivity contribution >= 4 is 34.0 Å².